The molecule has 1 aliphatic rings. The third-order valence-corrected chi connectivity index (χ3v) is 4.71. The molecule has 7 nitrogen and oxygen atoms in total. The minimum absolute atomic E-state index is 0. The smallest absolute Gasteiger partial charge is 0.409 e. The fraction of sp³-hybridized carbons (Fsp3) is 0.556. The topological polar surface area (TPSA) is 100 Å². The third-order valence-electron chi connectivity index (χ3n) is 4.38. The molecule has 0 aromatic heterocycles. The van der Waals surface area contributed by atoms with Gasteiger partial charge in [-0.3, -0.25) is 4.99 Å². The third kappa shape index (κ3) is 7.00. The van der Waals surface area contributed by atoms with Gasteiger partial charge in [0, 0.05) is 29.7 Å². The Morgan fingerprint density at radius 2 is 2.07 bits per heavy atom. The maximum absolute atomic E-state index is 11.7. The summed E-state index contributed by atoms with van der Waals surface area (Å²) in [5, 5.41) is 14.3. The molecule has 2 rings (SSSR count). The number of nitrogens with one attached hydrogen (secondary N) is 1. The van der Waals surface area contributed by atoms with Crippen LogP contribution in [0.5, 0.6) is 0 Å². The van der Waals surface area contributed by atoms with Crippen LogP contribution in [-0.4, -0.2) is 54.3 Å². The summed E-state index contributed by atoms with van der Waals surface area (Å²) in [7, 11) is 0. The minimum atomic E-state index is -1.21. The number of carbonyl (C=O) groups is 1. The van der Waals surface area contributed by atoms with Crippen molar-refractivity contribution in [2.24, 2.45) is 10.7 Å². The first-order valence-corrected chi connectivity index (χ1v) is 9.17. The van der Waals surface area contributed by atoms with Crippen LogP contribution in [0.15, 0.2) is 29.3 Å². The number of guanidine groups is 1. The average Bonchev–Trinajstić information content (AvgIpc) is 2.61. The summed E-state index contributed by atoms with van der Waals surface area (Å²) in [6.45, 7) is 5.14. The van der Waals surface area contributed by atoms with E-state index in [0.29, 0.717) is 30.3 Å². The zero-order valence-electron chi connectivity index (χ0n) is 15.7. The lowest BCUT2D eigenvalue weighted by Gasteiger charge is -2.32. The summed E-state index contributed by atoms with van der Waals surface area (Å²) in [5.41, 5.74) is 5.36. The summed E-state index contributed by atoms with van der Waals surface area (Å²) in [6.07, 6.45) is 1.25. The number of amides is 1. The Bertz CT molecular complexity index is 649. The van der Waals surface area contributed by atoms with E-state index in [1.807, 2.05) is 12.1 Å². The van der Waals surface area contributed by atoms with Crippen molar-refractivity contribution in [1.82, 2.24) is 10.2 Å². The van der Waals surface area contributed by atoms with E-state index in [0.717, 1.165) is 12.8 Å². The second-order valence-corrected chi connectivity index (χ2v) is 6.97. The van der Waals surface area contributed by atoms with Gasteiger partial charge in [-0.15, -0.1) is 24.0 Å². The van der Waals surface area contributed by atoms with Crippen molar-refractivity contribution in [2.75, 3.05) is 26.2 Å². The van der Waals surface area contributed by atoms with E-state index in [4.69, 9.17) is 22.1 Å². The Hall–Kier alpha value is -1.26. The molecule has 0 saturated carbocycles. The highest BCUT2D eigenvalue weighted by Crippen LogP contribution is 2.27. The zero-order valence-corrected chi connectivity index (χ0v) is 18.7. The van der Waals surface area contributed by atoms with Gasteiger partial charge in [0.05, 0.1) is 13.2 Å². The molecule has 0 aliphatic carbocycles. The van der Waals surface area contributed by atoms with Crippen molar-refractivity contribution in [3.63, 3.8) is 0 Å². The van der Waals surface area contributed by atoms with Gasteiger partial charge < -0.3 is 25.8 Å². The van der Waals surface area contributed by atoms with Crippen molar-refractivity contribution >= 4 is 47.6 Å². The molecule has 1 aromatic carbocycles. The van der Waals surface area contributed by atoms with Gasteiger partial charge in [0.15, 0.2) is 5.96 Å². The summed E-state index contributed by atoms with van der Waals surface area (Å²) < 4.78 is 5.00. The molecule has 1 aromatic rings. The maximum Gasteiger partial charge on any atom is 0.409 e. The first-order chi connectivity index (χ1) is 12.3. The lowest BCUT2D eigenvalue weighted by molar-refractivity contribution is 0.0673. The van der Waals surface area contributed by atoms with Crippen LogP contribution in [0.4, 0.5) is 4.79 Å². The normalized spacial score (nSPS) is 17.6. The minimum Gasteiger partial charge on any atom is -0.450 e. The molecule has 9 heteroatoms. The van der Waals surface area contributed by atoms with E-state index in [-0.39, 0.29) is 48.6 Å². The van der Waals surface area contributed by atoms with Gasteiger partial charge in [-0.1, -0.05) is 29.8 Å². The number of piperidine rings is 1. The molecule has 0 bridgehead atoms. The molecule has 0 radical (unpaired) electrons. The van der Waals surface area contributed by atoms with Crippen LogP contribution in [0.3, 0.4) is 0 Å². The quantitative estimate of drug-likeness (QED) is 0.321. The highest BCUT2D eigenvalue weighted by Gasteiger charge is 2.26. The highest BCUT2D eigenvalue weighted by atomic mass is 127. The molecule has 1 unspecified atom stereocenters. The van der Waals surface area contributed by atoms with Crippen LogP contribution >= 0.6 is 35.6 Å². The van der Waals surface area contributed by atoms with E-state index in [1.165, 1.54) is 0 Å². The molecule has 152 valence electrons. The molecule has 1 saturated heterocycles. The molecule has 4 N–H and O–H groups in total. The lowest BCUT2D eigenvalue weighted by Crippen LogP contribution is -2.48. The fourth-order valence-electron chi connectivity index (χ4n) is 2.90. The first kappa shape index (κ1) is 23.8. The number of carbonyl (C=O) groups excluding carboxylic acids is 1. The summed E-state index contributed by atoms with van der Waals surface area (Å²) in [4.78, 5) is 17.7. The number of hydrogen-bond acceptors (Lipinski definition) is 4. The Morgan fingerprint density at radius 3 is 2.67 bits per heavy atom. The number of benzene rings is 1. The molecule has 27 heavy (non-hydrogen) atoms. The zero-order chi connectivity index (χ0) is 19.2. The van der Waals surface area contributed by atoms with Crippen molar-refractivity contribution in [3.05, 3.63) is 34.9 Å². The summed E-state index contributed by atoms with van der Waals surface area (Å²) in [6, 6.07) is 7.26. The van der Waals surface area contributed by atoms with Gasteiger partial charge in [0.2, 0.25) is 0 Å². The van der Waals surface area contributed by atoms with Crippen LogP contribution in [0.2, 0.25) is 5.02 Å². The van der Waals surface area contributed by atoms with E-state index in [2.05, 4.69) is 10.3 Å². The summed E-state index contributed by atoms with van der Waals surface area (Å²) in [5.74, 6) is 0.270. The number of hydrogen-bond donors (Lipinski definition) is 3. The number of likely N-dealkylation sites (tertiary alicyclic amines) is 1. The highest BCUT2D eigenvalue weighted by molar-refractivity contribution is 14.0. The standard InChI is InChI=1S/C18H27ClN4O3.HI/c1-3-26-17(24)23-10-8-13(9-11-23)22-16(20)21-12-18(2,25)14-6-4-5-7-15(14)19;/h4-7,13,25H,3,8-12H2,1-2H3,(H3,20,21,22);1H. The SMILES string of the molecule is CCOC(=O)N1CCC(NC(N)=NCC(C)(O)c2ccccc2Cl)CC1.I. The second-order valence-electron chi connectivity index (χ2n) is 6.56. The number of halogens is 2. The van der Waals surface area contributed by atoms with E-state index in [1.54, 1.807) is 30.9 Å². The predicted molar refractivity (Wildman–Crippen MR) is 118 cm³/mol. The Kier molecular flexibility index (Phi) is 9.61. The van der Waals surface area contributed by atoms with Crippen molar-refractivity contribution < 1.29 is 14.6 Å². The van der Waals surface area contributed by atoms with E-state index < -0.39 is 5.60 Å². The van der Waals surface area contributed by atoms with Crippen molar-refractivity contribution in [1.29, 1.82) is 0 Å². The Balaban J connectivity index is 0.00000364. The Morgan fingerprint density at radius 1 is 1.44 bits per heavy atom. The Labute approximate surface area is 182 Å². The van der Waals surface area contributed by atoms with Crippen molar-refractivity contribution in [3.8, 4) is 0 Å². The number of aliphatic imine (C=N–C) groups is 1. The molecule has 0 spiro atoms. The van der Waals surface area contributed by atoms with Gasteiger partial charge in [-0.25, -0.2) is 4.79 Å². The molecule has 1 amide bonds. The second kappa shape index (κ2) is 10.9. The van der Waals surface area contributed by atoms with Crippen LogP contribution in [0, 0.1) is 0 Å². The van der Waals surface area contributed by atoms with Gasteiger partial charge in [0.1, 0.15) is 5.60 Å². The molecule has 1 aliphatic heterocycles. The molecular formula is C18H28ClIN4O3. The number of aliphatic hydroxyl groups is 1. The van der Waals surface area contributed by atoms with Gasteiger partial charge >= 0.3 is 6.09 Å². The molecule has 1 atom stereocenters. The van der Waals surface area contributed by atoms with Gasteiger partial charge in [-0.05, 0) is 32.8 Å². The largest absolute Gasteiger partial charge is 0.450 e. The van der Waals surface area contributed by atoms with Crippen molar-refractivity contribution in [2.45, 2.75) is 38.3 Å². The van der Waals surface area contributed by atoms with E-state index >= 15 is 0 Å². The van der Waals surface area contributed by atoms with Crippen LogP contribution in [-0.2, 0) is 10.3 Å². The maximum atomic E-state index is 11.7. The van der Waals surface area contributed by atoms with E-state index in [9.17, 15) is 9.90 Å². The average molecular weight is 511 g/mol. The van der Waals surface area contributed by atoms with Crippen LogP contribution in [0.1, 0.15) is 32.3 Å². The lowest BCUT2D eigenvalue weighted by atomic mass is 9.96. The fourth-order valence-corrected chi connectivity index (χ4v) is 3.24. The number of nitrogens with zero attached hydrogens (tertiary/aromatic N) is 2. The predicted octanol–water partition coefficient (Wildman–Crippen LogP) is 2.69. The van der Waals surface area contributed by atoms with Gasteiger partial charge in [0.25, 0.3) is 0 Å². The molecule has 1 heterocycles. The summed E-state index contributed by atoms with van der Waals surface area (Å²) >= 11 is 6.14. The number of rotatable bonds is 5. The number of ether oxygens (including phenoxy) is 1. The van der Waals surface area contributed by atoms with Crippen LogP contribution < -0.4 is 11.1 Å². The first-order valence-electron chi connectivity index (χ1n) is 8.79. The van der Waals surface area contributed by atoms with Gasteiger partial charge in [-0.2, -0.15) is 0 Å². The monoisotopic (exact) mass is 510 g/mol. The number of nitrogens with two attached hydrogens (primary N) is 1. The molecular weight excluding hydrogens is 483 g/mol. The van der Waals surface area contributed by atoms with Crippen LogP contribution in [0.25, 0.3) is 0 Å². The molecule has 1 fully saturated rings.